The minimum absolute atomic E-state index is 0.0121. The topological polar surface area (TPSA) is 92.9 Å². The molecule has 1 spiro atoms. The molecule has 1 N–H and O–H groups in total. The van der Waals surface area contributed by atoms with E-state index < -0.39 is 18.0 Å². The maximum atomic E-state index is 13.6. The fraction of sp³-hybridized carbons (Fsp3) is 0.389. The number of carboxylic acid groups (broad SMARTS) is 1. The molecule has 0 radical (unpaired) electrons. The Kier molecular flexibility index (Phi) is 6.25. The summed E-state index contributed by atoms with van der Waals surface area (Å²) < 4.78 is 56.2. The predicted octanol–water partition coefficient (Wildman–Crippen LogP) is 3.23. The van der Waals surface area contributed by atoms with E-state index in [4.69, 9.17) is 19.1 Å². The van der Waals surface area contributed by atoms with E-state index in [0.29, 0.717) is 18.8 Å². The van der Waals surface area contributed by atoms with Gasteiger partial charge in [-0.3, -0.25) is 4.79 Å². The summed E-state index contributed by atoms with van der Waals surface area (Å²) in [5, 5.41) is 7.12. The van der Waals surface area contributed by atoms with Gasteiger partial charge in [0.15, 0.2) is 11.6 Å². The van der Waals surface area contributed by atoms with E-state index in [2.05, 4.69) is 4.98 Å². The number of amides is 1. The first-order valence-electron chi connectivity index (χ1n) is 8.64. The first-order valence-corrected chi connectivity index (χ1v) is 9.62. The fourth-order valence-corrected chi connectivity index (χ4v) is 4.59. The molecule has 2 fully saturated rings. The van der Waals surface area contributed by atoms with Crippen LogP contribution in [0.4, 0.5) is 17.6 Å². The Morgan fingerprint density at radius 3 is 2.57 bits per heavy atom. The molecule has 2 aliphatic heterocycles. The number of halogens is 4. The highest BCUT2D eigenvalue weighted by Gasteiger charge is 2.51. The zero-order valence-corrected chi connectivity index (χ0v) is 16.1. The van der Waals surface area contributed by atoms with Crippen LogP contribution in [0.25, 0.3) is 0 Å². The van der Waals surface area contributed by atoms with Crippen molar-refractivity contribution in [2.45, 2.75) is 23.4 Å². The van der Waals surface area contributed by atoms with Crippen LogP contribution in [0.5, 0.6) is 5.88 Å². The molecule has 4 rings (SSSR count). The lowest BCUT2D eigenvalue weighted by Crippen LogP contribution is -2.60. The van der Waals surface area contributed by atoms with Gasteiger partial charge in [-0.25, -0.2) is 14.2 Å². The number of ether oxygens (including phenoxy) is 1. The van der Waals surface area contributed by atoms with Crippen molar-refractivity contribution in [2.24, 2.45) is 0 Å². The molecule has 2 aliphatic rings. The van der Waals surface area contributed by atoms with Gasteiger partial charge in [0.1, 0.15) is 6.10 Å². The Bertz CT molecular complexity index is 900. The average Bonchev–Trinajstić information content (AvgIpc) is 3.32. The van der Waals surface area contributed by atoms with Gasteiger partial charge in [-0.05, 0) is 24.3 Å². The maximum absolute atomic E-state index is 13.6. The van der Waals surface area contributed by atoms with Crippen LogP contribution in [0.1, 0.15) is 17.0 Å². The molecule has 162 valence electrons. The largest absolute Gasteiger partial charge is 0.490 e. The first-order chi connectivity index (χ1) is 14.1. The summed E-state index contributed by atoms with van der Waals surface area (Å²) >= 11 is 1.78. The predicted molar refractivity (Wildman–Crippen MR) is 96.7 cm³/mol. The van der Waals surface area contributed by atoms with Gasteiger partial charge in [0.25, 0.3) is 11.8 Å². The number of aliphatic carboxylic acids is 1. The molecule has 2 aromatic rings. The molecule has 1 atom stereocenters. The van der Waals surface area contributed by atoms with Crippen LogP contribution in [0.15, 0.2) is 41.1 Å². The van der Waals surface area contributed by atoms with Crippen molar-refractivity contribution in [3.8, 4) is 5.88 Å². The van der Waals surface area contributed by atoms with Crippen molar-refractivity contribution in [1.29, 1.82) is 0 Å². The highest BCUT2D eigenvalue weighted by Crippen LogP contribution is 2.46. The van der Waals surface area contributed by atoms with Crippen LogP contribution < -0.4 is 4.74 Å². The number of hydrogen-bond acceptors (Lipinski definition) is 6. The number of hydrogen-bond donors (Lipinski definition) is 1. The molecule has 7 nitrogen and oxygen atoms in total. The van der Waals surface area contributed by atoms with Gasteiger partial charge in [-0.1, -0.05) is 0 Å². The molecule has 30 heavy (non-hydrogen) atoms. The van der Waals surface area contributed by atoms with E-state index >= 15 is 0 Å². The number of rotatable bonds is 3. The smallest absolute Gasteiger partial charge is 0.475 e. The zero-order valence-electron chi connectivity index (χ0n) is 15.3. The van der Waals surface area contributed by atoms with Crippen molar-refractivity contribution in [3.63, 3.8) is 0 Å². The number of likely N-dealkylation sites (tertiary alicyclic amines) is 1. The van der Waals surface area contributed by atoms with E-state index in [-0.39, 0.29) is 22.6 Å². The van der Waals surface area contributed by atoms with Gasteiger partial charge in [-0.2, -0.15) is 13.2 Å². The quantitative estimate of drug-likeness (QED) is 0.721. The second kappa shape index (κ2) is 8.54. The van der Waals surface area contributed by atoms with E-state index in [1.807, 2.05) is 0 Å². The summed E-state index contributed by atoms with van der Waals surface area (Å²) in [6.45, 7) is 1.34. The molecule has 12 heteroatoms. The van der Waals surface area contributed by atoms with E-state index in [9.17, 15) is 22.4 Å². The Morgan fingerprint density at radius 1 is 1.30 bits per heavy atom. The van der Waals surface area contributed by atoms with Gasteiger partial charge < -0.3 is 19.2 Å². The summed E-state index contributed by atoms with van der Waals surface area (Å²) in [6.07, 6.45) is -1.36. The normalized spacial score (nSPS) is 19.6. The second-order valence-electron chi connectivity index (χ2n) is 6.67. The van der Waals surface area contributed by atoms with Gasteiger partial charge >= 0.3 is 12.1 Å². The summed E-state index contributed by atoms with van der Waals surface area (Å²) in [7, 11) is 0. The third-order valence-electron chi connectivity index (χ3n) is 4.40. The molecule has 0 saturated carbocycles. The number of carbonyl (C=O) groups is 2. The Morgan fingerprint density at radius 2 is 2.00 bits per heavy atom. The van der Waals surface area contributed by atoms with Crippen molar-refractivity contribution in [1.82, 2.24) is 9.88 Å². The molecule has 4 heterocycles. The van der Waals surface area contributed by atoms with Gasteiger partial charge in [0, 0.05) is 31.5 Å². The van der Waals surface area contributed by atoms with Crippen LogP contribution in [0.2, 0.25) is 0 Å². The van der Waals surface area contributed by atoms with Crippen LogP contribution in [0.3, 0.4) is 0 Å². The summed E-state index contributed by atoms with van der Waals surface area (Å²) in [5.41, 5.74) is 0. The van der Waals surface area contributed by atoms with Crippen LogP contribution in [-0.2, 0) is 4.79 Å². The summed E-state index contributed by atoms with van der Waals surface area (Å²) in [5.74, 6) is -2.08. The number of thioether (sulfide) groups is 1. The van der Waals surface area contributed by atoms with E-state index in [1.54, 1.807) is 28.8 Å². The maximum Gasteiger partial charge on any atom is 0.490 e. The first kappa shape index (κ1) is 21.9. The Balaban J connectivity index is 0.000000318. The molecular formula is C18H16F4N2O5S. The number of pyridine rings is 1. The molecule has 1 amide bonds. The lowest BCUT2D eigenvalue weighted by molar-refractivity contribution is -0.192. The SMILES string of the molecule is O=C(O)C(F)(F)F.O=C(c1ccco1)N1CC2(CC(Oc3ncccc3F)CS2)C1. The number of carboxylic acids is 1. The lowest BCUT2D eigenvalue weighted by Gasteiger charge is -2.46. The molecule has 2 aromatic heterocycles. The van der Waals surface area contributed by atoms with Crippen LogP contribution in [0, 0.1) is 5.82 Å². The number of furan rings is 1. The van der Waals surface area contributed by atoms with Gasteiger partial charge in [0.2, 0.25) is 0 Å². The molecule has 0 bridgehead atoms. The third kappa shape index (κ3) is 5.04. The molecule has 2 saturated heterocycles. The van der Waals surface area contributed by atoms with E-state index in [0.717, 1.165) is 12.2 Å². The van der Waals surface area contributed by atoms with Crippen molar-refractivity contribution in [3.05, 3.63) is 48.3 Å². The number of carbonyl (C=O) groups excluding carboxylic acids is 1. The van der Waals surface area contributed by atoms with Crippen molar-refractivity contribution < 1.29 is 41.4 Å². The van der Waals surface area contributed by atoms with Crippen molar-refractivity contribution >= 4 is 23.6 Å². The number of alkyl halides is 3. The monoisotopic (exact) mass is 448 g/mol. The number of aromatic nitrogens is 1. The zero-order chi connectivity index (χ0) is 21.9. The molecule has 0 aromatic carbocycles. The third-order valence-corrected chi connectivity index (χ3v) is 5.97. The lowest BCUT2D eigenvalue weighted by atomic mass is 9.92. The van der Waals surface area contributed by atoms with Crippen LogP contribution >= 0.6 is 11.8 Å². The molecule has 1 unspecified atom stereocenters. The fourth-order valence-electron chi connectivity index (χ4n) is 3.06. The summed E-state index contributed by atoms with van der Waals surface area (Å²) in [4.78, 5) is 26.8. The van der Waals surface area contributed by atoms with E-state index in [1.165, 1.54) is 24.6 Å². The highest BCUT2D eigenvalue weighted by molar-refractivity contribution is 8.01. The molecule has 0 aliphatic carbocycles. The number of nitrogens with zero attached hydrogens (tertiary/aromatic N) is 2. The average molecular weight is 448 g/mol. The van der Waals surface area contributed by atoms with Crippen LogP contribution in [-0.4, -0.2) is 62.7 Å². The minimum atomic E-state index is -5.08. The highest BCUT2D eigenvalue weighted by atomic mass is 32.2. The van der Waals surface area contributed by atoms with Crippen molar-refractivity contribution in [2.75, 3.05) is 18.8 Å². The Labute approximate surface area is 172 Å². The minimum Gasteiger partial charge on any atom is -0.475 e. The second-order valence-corrected chi connectivity index (χ2v) is 8.16. The molecular weight excluding hydrogens is 432 g/mol. The summed E-state index contributed by atoms with van der Waals surface area (Å²) in [6, 6.07) is 6.26. The van der Waals surface area contributed by atoms with Gasteiger partial charge in [0.05, 0.1) is 11.0 Å². The van der Waals surface area contributed by atoms with Gasteiger partial charge in [-0.15, -0.1) is 11.8 Å². The standard InChI is InChI=1S/C16H15FN2O3S.C2HF3O2/c17-12-3-1-5-18-14(12)22-11-7-16(23-8-11)9-19(10-16)15(20)13-4-2-6-21-13;3-2(4,5)1(6)7/h1-6,11H,7-10H2;(H,6,7). The Hall–Kier alpha value is -2.76.